The van der Waals surface area contributed by atoms with Gasteiger partial charge in [0.2, 0.25) is 0 Å². The predicted molar refractivity (Wildman–Crippen MR) is 44.7 cm³/mol. The Morgan fingerprint density at radius 1 is 1.58 bits per heavy atom. The number of nitrogens with zero attached hydrogens (tertiary/aromatic N) is 1. The summed E-state index contributed by atoms with van der Waals surface area (Å²) in [6.07, 6.45) is 1.82. The summed E-state index contributed by atoms with van der Waals surface area (Å²) >= 11 is 0. The van der Waals surface area contributed by atoms with Crippen molar-refractivity contribution in [2.45, 2.75) is 44.9 Å². The van der Waals surface area contributed by atoms with Gasteiger partial charge in [0, 0.05) is 12.6 Å². The largest absolute Gasteiger partial charge is 0.461 e. The van der Waals surface area contributed by atoms with E-state index < -0.39 is 0 Å². The Bertz CT molecular complexity index is 203. The third kappa shape index (κ3) is 1.12. The Labute approximate surface area is 72.7 Å². The van der Waals surface area contributed by atoms with Crippen LogP contribution in [0.5, 0.6) is 0 Å². The van der Waals surface area contributed by atoms with Gasteiger partial charge in [0.05, 0.1) is 12.5 Å². The van der Waals surface area contributed by atoms with Gasteiger partial charge in [0.25, 0.3) is 0 Å². The first-order valence-electron chi connectivity index (χ1n) is 4.63. The van der Waals surface area contributed by atoms with E-state index in [2.05, 4.69) is 18.7 Å². The Balaban J connectivity index is 2.08. The lowest BCUT2D eigenvalue weighted by atomic mass is 10.1. The van der Waals surface area contributed by atoms with Crippen LogP contribution in [-0.2, 0) is 9.53 Å². The van der Waals surface area contributed by atoms with Crippen LogP contribution < -0.4 is 0 Å². The van der Waals surface area contributed by atoms with Crippen LogP contribution in [0.4, 0.5) is 0 Å². The average molecular weight is 169 g/mol. The molecule has 2 aliphatic heterocycles. The standard InChI is InChI=1S/C9H15NO2/c1-6(2)10-4-3-8-7(10)5-9(11)12-8/h6-8H,3-5H2,1-2H3/t7-,8-/m1/s1. The van der Waals surface area contributed by atoms with E-state index in [0.29, 0.717) is 18.5 Å². The highest BCUT2D eigenvalue weighted by Gasteiger charge is 2.43. The second-order valence-electron chi connectivity index (χ2n) is 3.92. The minimum absolute atomic E-state index is 0.0182. The maximum absolute atomic E-state index is 11.0. The molecule has 2 saturated heterocycles. The van der Waals surface area contributed by atoms with Crippen molar-refractivity contribution < 1.29 is 9.53 Å². The van der Waals surface area contributed by atoms with Crippen LogP contribution in [0, 0.1) is 0 Å². The van der Waals surface area contributed by atoms with Crippen molar-refractivity contribution in [3.05, 3.63) is 0 Å². The molecule has 2 heterocycles. The molecule has 68 valence electrons. The molecule has 0 amide bonds. The van der Waals surface area contributed by atoms with Gasteiger partial charge in [-0.3, -0.25) is 9.69 Å². The van der Waals surface area contributed by atoms with Crippen LogP contribution in [0.2, 0.25) is 0 Å². The number of ether oxygens (including phenoxy) is 1. The number of hydrogen-bond donors (Lipinski definition) is 0. The van der Waals surface area contributed by atoms with Gasteiger partial charge in [-0.2, -0.15) is 0 Å². The van der Waals surface area contributed by atoms with E-state index in [9.17, 15) is 4.79 Å². The topological polar surface area (TPSA) is 29.5 Å². The Morgan fingerprint density at radius 3 is 3.00 bits per heavy atom. The van der Waals surface area contributed by atoms with Crippen molar-refractivity contribution in [2.24, 2.45) is 0 Å². The molecular weight excluding hydrogens is 154 g/mol. The first-order chi connectivity index (χ1) is 5.68. The zero-order valence-corrected chi connectivity index (χ0v) is 7.62. The maximum atomic E-state index is 11.0. The summed E-state index contributed by atoms with van der Waals surface area (Å²) in [7, 11) is 0. The van der Waals surface area contributed by atoms with Gasteiger partial charge in [0.1, 0.15) is 6.10 Å². The van der Waals surface area contributed by atoms with Crippen LogP contribution >= 0.6 is 0 Å². The summed E-state index contributed by atoms with van der Waals surface area (Å²) in [4.78, 5) is 13.3. The van der Waals surface area contributed by atoms with Crippen LogP contribution in [-0.4, -0.2) is 35.6 Å². The molecule has 2 aliphatic rings. The number of likely N-dealkylation sites (tertiary alicyclic amines) is 1. The van der Waals surface area contributed by atoms with Crippen molar-refractivity contribution >= 4 is 5.97 Å². The smallest absolute Gasteiger partial charge is 0.307 e. The van der Waals surface area contributed by atoms with E-state index in [0.717, 1.165) is 13.0 Å². The summed E-state index contributed by atoms with van der Waals surface area (Å²) < 4.78 is 5.19. The fourth-order valence-electron chi connectivity index (χ4n) is 2.26. The highest BCUT2D eigenvalue weighted by atomic mass is 16.6. The number of rotatable bonds is 1. The van der Waals surface area contributed by atoms with Crippen LogP contribution in [0.3, 0.4) is 0 Å². The molecule has 0 saturated carbocycles. The highest BCUT2D eigenvalue weighted by Crippen LogP contribution is 2.30. The molecule has 0 bridgehead atoms. The number of carbonyl (C=O) groups excluding carboxylic acids is 1. The van der Waals surface area contributed by atoms with Crippen LogP contribution in [0.25, 0.3) is 0 Å². The zero-order valence-electron chi connectivity index (χ0n) is 7.62. The van der Waals surface area contributed by atoms with Gasteiger partial charge < -0.3 is 4.74 Å². The van der Waals surface area contributed by atoms with Gasteiger partial charge in [-0.1, -0.05) is 0 Å². The summed E-state index contributed by atoms with van der Waals surface area (Å²) in [6, 6.07) is 0.909. The number of hydrogen-bond acceptors (Lipinski definition) is 3. The fraction of sp³-hybridized carbons (Fsp3) is 0.889. The van der Waals surface area contributed by atoms with Crippen molar-refractivity contribution in [3.8, 4) is 0 Å². The third-order valence-electron chi connectivity index (χ3n) is 2.85. The second kappa shape index (κ2) is 2.73. The molecule has 12 heavy (non-hydrogen) atoms. The van der Waals surface area contributed by atoms with Crippen LogP contribution in [0.1, 0.15) is 26.7 Å². The normalized spacial score (nSPS) is 35.8. The molecular formula is C9H15NO2. The minimum atomic E-state index is -0.0182. The second-order valence-corrected chi connectivity index (χ2v) is 3.92. The SMILES string of the molecule is CC(C)N1CC[C@H]2OC(=O)C[C@H]21. The van der Waals surface area contributed by atoms with Crippen LogP contribution in [0.15, 0.2) is 0 Å². The van der Waals surface area contributed by atoms with Gasteiger partial charge in [-0.15, -0.1) is 0 Å². The number of esters is 1. The highest BCUT2D eigenvalue weighted by molar-refractivity contribution is 5.73. The first kappa shape index (κ1) is 8.05. The number of fused-ring (bicyclic) bond motifs is 1. The fourth-order valence-corrected chi connectivity index (χ4v) is 2.26. The molecule has 0 aromatic carbocycles. The molecule has 0 N–H and O–H groups in total. The van der Waals surface area contributed by atoms with Gasteiger partial charge in [-0.05, 0) is 20.3 Å². The van der Waals surface area contributed by atoms with Crippen molar-refractivity contribution in [1.82, 2.24) is 4.90 Å². The monoisotopic (exact) mass is 169 g/mol. The molecule has 0 radical (unpaired) electrons. The van der Waals surface area contributed by atoms with E-state index in [1.807, 2.05) is 0 Å². The summed E-state index contributed by atoms with van der Waals surface area (Å²) in [5, 5.41) is 0. The molecule has 0 aromatic rings. The molecule has 2 atom stereocenters. The van der Waals surface area contributed by atoms with Gasteiger partial charge in [0.15, 0.2) is 0 Å². The average Bonchev–Trinajstić information content (AvgIpc) is 2.43. The quantitative estimate of drug-likeness (QED) is 0.543. The maximum Gasteiger partial charge on any atom is 0.307 e. The van der Waals surface area contributed by atoms with Crippen molar-refractivity contribution in [1.29, 1.82) is 0 Å². The lowest BCUT2D eigenvalue weighted by Gasteiger charge is -2.25. The zero-order chi connectivity index (χ0) is 8.72. The van der Waals surface area contributed by atoms with Crippen molar-refractivity contribution in [3.63, 3.8) is 0 Å². The summed E-state index contributed by atoms with van der Waals surface area (Å²) in [6.45, 7) is 5.43. The summed E-state index contributed by atoms with van der Waals surface area (Å²) in [5.41, 5.74) is 0. The minimum Gasteiger partial charge on any atom is -0.461 e. The van der Waals surface area contributed by atoms with E-state index in [-0.39, 0.29) is 12.1 Å². The predicted octanol–water partition coefficient (Wildman–Crippen LogP) is 0.785. The molecule has 3 heteroatoms. The number of carbonyl (C=O) groups is 1. The molecule has 0 spiro atoms. The molecule has 2 fully saturated rings. The molecule has 3 nitrogen and oxygen atoms in total. The lowest BCUT2D eigenvalue weighted by molar-refractivity contribution is -0.141. The molecule has 0 aliphatic carbocycles. The summed E-state index contributed by atoms with van der Waals surface area (Å²) in [5.74, 6) is -0.0182. The first-order valence-corrected chi connectivity index (χ1v) is 4.63. The van der Waals surface area contributed by atoms with E-state index in [4.69, 9.17) is 4.74 Å². The van der Waals surface area contributed by atoms with Crippen molar-refractivity contribution in [2.75, 3.05) is 6.54 Å². The Kier molecular flexibility index (Phi) is 1.83. The molecule has 0 aromatic heterocycles. The van der Waals surface area contributed by atoms with Gasteiger partial charge >= 0.3 is 5.97 Å². The molecule has 0 unspecified atom stereocenters. The van der Waals surface area contributed by atoms with E-state index in [1.54, 1.807) is 0 Å². The van der Waals surface area contributed by atoms with E-state index >= 15 is 0 Å². The molecule has 2 rings (SSSR count). The third-order valence-corrected chi connectivity index (χ3v) is 2.85. The Hall–Kier alpha value is -0.570. The lowest BCUT2D eigenvalue weighted by Crippen LogP contribution is -2.37. The Morgan fingerprint density at radius 2 is 2.33 bits per heavy atom. The van der Waals surface area contributed by atoms with E-state index in [1.165, 1.54) is 0 Å². The van der Waals surface area contributed by atoms with Gasteiger partial charge in [-0.25, -0.2) is 0 Å².